The number of carbonyl (C=O) groups excluding carboxylic acids is 1. The second-order valence-electron chi connectivity index (χ2n) is 5.89. The first-order valence-corrected chi connectivity index (χ1v) is 8.45. The summed E-state index contributed by atoms with van der Waals surface area (Å²) in [5.74, 6) is 0.395. The molecule has 0 saturated heterocycles. The van der Waals surface area contributed by atoms with Crippen molar-refractivity contribution in [2.45, 2.75) is 32.6 Å². The lowest BCUT2D eigenvalue weighted by molar-refractivity contribution is -0.121. The van der Waals surface area contributed by atoms with E-state index < -0.39 is 0 Å². The molecular formula is C19H23N3OS. The maximum atomic E-state index is 11.8. The fourth-order valence-electron chi connectivity index (χ4n) is 2.21. The lowest BCUT2D eigenvalue weighted by Crippen LogP contribution is -2.43. The van der Waals surface area contributed by atoms with Crippen LogP contribution >= 0.6 is 12.2 Å². The highest BCUT2D eigenvalue weighted by atomic mass is 32.1. The van der Waals surface area contributed by atoms with Crippen LogP contribution < -0.4 is 16.2 Å². The van der Waals surface area contributed by atoms with E-state index in [1.54, 1.807) is 0 Å². The standard InChI is InChI=1S/C19H23N3OS/c1-14(2)16-9-11-17(12-10-16)20-19(24)22-21-18(23)13-8-15-6-4-3-5-7-15/h3-7,9-12,14H,8,13H2,1-2H3,(H,21,23)(H2,20,22,24). The van der Waals surface area contributed by atoms with Gasteiger partial charge in [0.25, 0.3) is 0 Å². The number of hydrazine groups is 1. The van der Waals surface area contributed by atoms with Crippen molar-refractivity contribution in [1.29, 1.82) is 0 Å². The molecule has 0 spiro atoms. The minimum atomic E-state index is -0.0989. The van der Waals surface area contributed by atoms with Crippen molar-refractivity contribution < 1.29 is 4.79 Å². The topological polar surface area (TPSA) is 53.2 Å². The molecule has 5 heteroatoms. The van der Waals surface area contributed by atoms with Crippen LogP contribution in [0.4, 0.5) is 5.69 Å². The highest BCUT2D eigenvalue weighted by molar-refractivity contribution is 7.80. The fourth-order valence-corrected chi connectivity index (χ4v) is 2.37. The predicted molar refractivity (Wildman–Crippen MR) is 103 cm³/mol. The molecule has 4 nitrogen and oxygen atoms in total. The summed E-state index contributed by atoms with van der Waals surface area (Å²) in [5.41, 5.74) is 8.63. The van der Waals surface area contributed by atoms with Gasteiger partial charge in [-0.25, -0.2) is 0 Å². The van der Waals surface area contributed by atoms with E-state index in [1.807, 2.05) is 42.5 Å². The van der Waals surface area contributed by atoms with Crippen LogP contribution in [0.5, 0.6) is 0 Å². The summed E-state index contributed by atoms with van der Waals surface area (Å²) in [5, 5.41) is 3.40. The van der Waals surface area contributed by atoms with E-state index in [4.69, 9.17) is 12.2 Å². The zero-order valence-electron chi connectivity index (χ0n) is 14.0. The van der Waals surface area contributed by atoms with Crippen molar-refractivity contribution in [1.82, 2.24) is 10.9 Å². The molecule has 3 N–H and O–H groups in total. The Labute approximate surface area is 148 Å². The van der Waals surface area contributed by atoms with Crippen LogP contribution in [-0.2, 0) is 11.2 Å². The first-order valence-electron chi connectivity index (χ1n) is 8.04. The van der Waals surface area contributed by atoms with Crippen LogP contribution in [0.2, 0.25) is 0 Å². The Balaban J connectivity index is 1.71. The number of nitrogens with one attached hydrogen (secondary N) is 3. The van der Waals surface area contributed by atoms with Crippen LogP contribution in [0.3, 0.4) is 0 Å². The monoisotopic (exact) mass is 341 g/mol. The van der Waals surface area contributed by atoms with E-state index in [0.29, 0.717) is 23.9 Å². The third-order valence-corrected chi connectivity index (χ3v) is 3.84. The highest BCUT2D eigenvalue weighted by Crippen LogP contribution is 2.16. The molecule has 0 radical (unpaired) electrons. The smallest absolute Gasteiger partial charge is 0.238 e. The zero-order valence-corrected chi connectivity index (χ0v) is 14.8. The highest BCUT2D eigenvalue weighted by Gasteiger charge is 2.04. The number of benzene rings is 2. The van der Waals surface area contributed by atoms with Gasteiger partial charge in [-0.3, -0.25) is 15.6 Å². The van der Waals surface area contributed by atoms with E-state index in [9.17, 15) is 4.79 Å². The van der Waals surface area contributed by atoms with E-state index in [0.717, 1.165) is 11.3 Å². The minimum Gasteiger partial charge on any atom is -0.331 e. The molecule has 0 bridgehead atoms. The number of aryl methyl sites for hydroxylation is 1. The van der Waals surface area contributed by atoms with Gasteiger partial charge in [0, 0.05) is 12.1 Å². The molecule has 0 aliphatic carbocycles. The lowest BCUT2D eigenvalue weighted by Gasteiger charge is -2.12. The molecule has 2 rings (SSSR count). The summed E-state index contributed by atoms with van der Waals surface area (Å²) in [6, 6.07) is 18.0. The van der Waals surface area contributed by atoms with Gasteiger partial charge in [0.05, 0.1) is 0 Å². The SMILES string of the molecule is CC(C)c1ccc(NC(=S)NNC(=O)CCc2ccccc2)cc1. The van der Waals surface area contributed by atoms with E-state index in [-0.39, 0.29) is 5.91 Å². The van der Waals surface area contributed by atoms with Crippen LogP contribution in [0.15, 0.2) is 54.6 Å². The quantitative estimate of drug-likeness (QED) is 0.572. The Morgan fingerprint density at radius 1 is 1.00 bits per heavy atom. The molecule has 0 saturated carbocycles. The minimum absolute atomic E-state index is 0.0989. The average molecular weight is 341 g/mol. The first-order chi connectivity index (χ1) is 11.5. The lowest BCUT2D eigenvalue weighted by atomic mass is 10.0. The van der Waals surface area contributed by atoms with Crippen LogP contribution in [0.1, 0.15) is 37.3 Å². The molecule has 0 aliphatic rings. The Kier molecular flexibility index (Phi) is 6.75. The Morgan fingerprint density at radius 2 is 1.67 bits per heavy atom. The predicted octanol–water partition coefficient (Wildman–Crippen LogP) is 3.76. The second-order valence-corrected chi connectivity index (χ2v) is 6.30. The largest absolute Gasteiger partial charge is 0.331 e. The third-order valence-electron chi connectivity index (χ3n) is 3.63. The number of amides is 1. The molecule has 0 atom stereocenters. The van der Waals surface area contributed by atoms with Gasteiger partial charge < -0.3 is 5.32 Å². The Morgan fingerprint density at radius 3 is 2.29 bits per heavy atom. The van der Waals surface area contributed by atoms with Crippen molar-refractivity contribution in [3.63, 3.8) is 0 Å². The van der Waals surface area contributed by atoms with Gasteiger partial charge in [0.1, 0.15) is 0 Å². The van der Waals surface area contributed by atoms with Crippen molar-refractivity contribution in [3.05, 3.63) is 65.7 Å². The van der Waals surface area contributed by atoms with Gasteiger partial charge in [-0.15, -0.1) is 0 Å². The van der Waals surface area contributed by atoms with Gasteiger partial charge >= 0.3 is 0 Å². The number of rotatable bonds is 5. The molecule has 126 valence electrons. The normalized spacial score (nSPS) is 10.3. The zero-order chi connectivity index (χ0) is 17.4. The number of carbonyl (C=O) groups is 1. The van der Waals surface area contributed by atoms with Crippen molar-refractivity contribution in [2.24, 2.45) is 0 Å². The van der Waals surface area contributed by atoms with E-state index in [2.05, 4.69) is 42.1 Å². The number of hydrogen-bond donors (Lipinski definition) is 3. The average Bonchev–Trinajstić information content (AvgIpc) is 2.59. The summed E-state index contributed by atoms with van der Waals surface area (Å²) in [6.07, 6.45) is 1.11. The number of hydrogen-bond acceptors (Lipinski definition) is 2. The molecule has 24 heavy (non-hydrogen) atoms. The van der Waals surface area contributed by atoms with Gasteiger partial charge in [-0.1, -0.05) is 56.3 Å². The molecule has 0 fully saturated rings. The molecule has 0 aliphatic heterocycles. The molecule has 0 unspecified atom stereocenters. The van der Waals surface area contributed by atoms with Crippen LogP contribution in [0, 0.1) is 0 Å². The first kappa shape index (κ1) is 17.9. The maximum absolute atomic E-state index is 11.8. The maximum Gasteiger partial charge on any atom is 0.238 e. The third kappa shape index (κ3) is 6.01. The van der Waals surface area contributed by atoms with Gasteiger partial charge in [-0.2, -0.15) is 0 Å². The number of anilines is 1. The van der Waals surface area contributed by atoms with Crippen molar-refractivity contribution >= 4 is 28.9 Å². The molecule has 2 aromatic rings. The summed E-state index contributed by atoms with van der Waals surface area (Å²) in [6.45, 7) is 4.30. The van der Waals surface area contributed by atoms with Gasteiger partial charge in [0.15, 0.2) is 5.11 Å². The molecule has 0 aromatic heterocycles. The Hall–Kier alpha value is -2.40. The Bertz CT molecular complexity index is 669. The summed E-state index contributed by atoms with van der Waals surface area (Å²) < 4.78 is 0. The van der Waals surface area contributed by atoms with Crippen molar-refractivity contribution in [3.8, 4) is 0 Å². The van der Waals surface area contributed by atoms with Gasteiger partial charge in [-0.05, 0) is 47.8 Å². The molecule has 2 aromatic carbocycles. The molecular weight excluding hydrogens is 318 g/mol. The van der Waals surface area contributed by atoms with Gasteiger partial charge in [0.2, 0.25) is 5.91 Å². The van der Waals surface area contributed by atoms with E-state index in [1.165, 1.54) is 5.56 Å². The number of thiocarbonyl (C=S) groups is 1. The fraction of sp³-hybridized carbons (Fsp3) is 0.263. The van der Waals surface area contributed by atoms with Crippen LogP contribution in [0.25, 0.3) is 0 Å². The van der Waals surface area contributed by atoms with E-state index >= 15 is 0 Å². The molecule has 0 heterocycles. The summed E-state index contributed by atoms with van der Waals surface area (Å²) in [4.78, 5) is 11.8. The summed E-state index contributed by atoms with van der Waals surface area (Å²) >= 11 is 5.18. The van der Waals surface area contributed by atoms with Crippen LogP contribution in [-0.4, -0.2) is 11.0 Å². The summed E-state index contributed by atoms with van der Waals surface area (Å²) in [7, 11) is 0. The van der Waals surface area contributed by atoms with Crippen molar-refractivity contribution in [2.75, 3.05) is 5.32 Å². The molecule has 1 amide bonds. The second kappa shape index (κ2) is 9.03.